The Morgan fingerprint density at radius 3 is 2.29 bits per heavy atom. The summed E-state index contributed by atoms with van der Waals surface area (Å²) in [4.78, 5) is 19.2. The van der Waals surface area contributed by atoms with E-state index in [1.165, 1.54) is 0 Å². The number of hydrogen-bond acceptors (Lipinski definition) is 6. The highest BCUT2D eigenvalue weighted by atomic mass is 16.7. The molecular weight excluding hydrogens is 394 g/mol. The summed E-state index contributed by atoms with van der Waals surface area (Å²) in [7, 11) is 3.15. The molecule has 0 aliphatic carbocycles. The first-order valence-corrected chi connectivity index (χ1v) is 9.89. The third-order valence-electron chi connectivity index (χ3n) is 5.55. The van der Waals surface area contributed by atoms with E-state index in [-0.39, 0.29) is 12.3 Å². The molecule has 1 atom stereocenters. The number of benzene rings is 3. The van der Waals surface area contributed by atoms with E-state index in [2.05, 4.69) is 10.6 Å². The van der Waals surface area contributed by atoms with Gasteiger partial charge < -0.3 is 14.3 Å². The highest BCUT2D eigenvalue weighted by Gasteiger charge is 2.54. The van der Waals surface area contributed by atoms with Crippen LogP contribution < -0.4 is 14.9 Å². The summed E-state index contributed by atoms with van der Waals surface area (Å²) in [6.45, 7) is 0. The Bertz CT molecular complexity index is 1160. The van der Waals surface area contributed by atoms with Gasteiger partial charge >= 0.3 is 0 Å². The van der Waals surface area contributed by atoms with Crippen LogP contribution in [0.25, 0.3) is 0 Å². The lowest BCUT2D eigenvalue weighted by Crippen LogP contribution is -2.55. The maximum atomic E-state index is 13.0. The Hall–Kier alpha value is -4.00. The van der Waals surface area contributed by atoms with Gasteiger partial charge in [-0.3, -0.25) is 10.2 Å². The summed E-state index contributed by atoms with van der Waals surface area (Å²) < 4.78 is 11.0. The Labute approximate surface area is 179 Å². The van der Waals surface area contributed by atoms with Gasteiger partial charge in [-0.15, -0.1) is 0 Å². The van der Waals surface area contributed by atoms with Crippen molar-refractivity contribution in [2.45, 2.75) is 12.1 Å². The van der Waals surface area contributed by atoms with Crippen molar-refractivity contribution >= 4 is 11.7 Å². The number of amides is 1. The van der Waals surface area contributed by atoms with Crippen LogP contribution in [0.4, 0.5) is 0 Å². The fraction of sp³-hybridized carbons (Fsp3) is 0.167. The standard InChI is InChI=1S/C24H21N3O4/c1-29-20-13-17-14-22(28)25-27-23(16-9-5-3-6-10-16)26-31-24(27,18-11-7-4-8-12-18)19(17)15-21(20)30-2/h3-13,15H,14H2,1-2H3,(H,25,28)/t24-/m0/s1. The van der Waals surface area contributed by atoms with Gasteiger partial charge in [0, 0.05) is 16.7 Å². The van der Waals surface area contributed by atoms with Crippen molar-refractivity contribution in [1.82, 2.24) is 10.4 Å². The van der Waals surface area contributed by atoms with Crippen molar-refractivity contribution in [2.75, 3.05) is 14.2 Å². The third kappa shape index (κ3) is 2.89. The van der Waals surface area contributed by atoms with Gasteiger partial charge in [0.1, 0.15) is 0 Å². The van der Waals surface area contributed by atoms with E-state index in [0.29, 0.717) is 17.3 Å². The maximum Gasteiger partial charge on any atom is 0.280 e. The van der Waals surface area contributed by atoms with E-state index in [4.69, 9.17) is 14.3 Å². The minimum Gasteiger partial charge on any atom is -0.493 e. The van der Waals surface area contributed by atoms with Crippen molar-refractivity contribution in [3.05, 3.63) is 95.1 Å². The van der Waals surface area contributed by atoms with Crippen LogP contribution >= 0.6 is 0 Å². The number of amidine groups is 1. The van der Waals surface area contributed by atoms with Crippen LogP contribution in [0, 0.1) is 0 Å². The van der Waals surface area contributed by atoms with E-state index in [9.17, 15) is 4.79 Å². The molecule has 0 saturated carbocycles. The number of hydrogen-bond donors (Lipinski definition) is 1. The van der Waals surface area contributed by atoms with Crippen LogP contribution in [0.15, 0.2) is 78.0 Å². The van der Waals surface area contributed by atoms with Crippen LogP contribution in [0.2, 0.25) is 0 Å². The lowest BCUT2D eigenvalue weighted by atomic mass is 9.88. The number of methoxy groups -OCH3 is 2. The Balaban J connectivity index is 1.79. The van der Waals surface area contributed by atoms with E-state index >= 15 is 0 Å². The quantitative estimate of drug-likeness (QED) is 0.709. The van der Waals surface area contributed by atoms with Crippen molar-refractivity contribution in [1.29, 1.82) is 0 Å². The van der Waals surface area contributed by atoms with Crippen molar-refractivity contribution in [3.8, 4) is 11.5 Å². The number of rotatable bonds is 4. The predicted molar refractivity (Wildman–Crippen MR) is 115 cm³/mol. The van der Waals surface area contributed by atoms with E-state index in [1.807, 2.05) is 72.8 Å². The van der Waals surface area contributed by atoms with Gasteiger partial charge in [0.2, 0.25) is 5.91 Å². The van der Waals surface area contributed by atoms with Gasteiger partial charge in [0.15, 0.2) is 17.3 Å². The molecule has 3 aromatic rings. The predicted octanol–water partition coefficient (Wildman–Crippen LogP) is 3.19. The number of carbonyl (C=O) groups excluding carboxylic acids is 1. The van der Waals surface area contributed by atoms with E-state index in [1.54, 1.807) is 19.2 Å². The van der Waals surface area contributed by atoms with Crippen LogP contribution in [-0.2, 0) is 21.8 Å². The number of hydrazine groups is 1. The summed E-state index contributed by atoms with van der Waals surface area (Å²) in [5.74, 6) is 1.43. The molecule has 0 bridgehead atoms. The van der Waals surface area contributed by atoms with Gasteiger partial charge in [-0.25, -0.2) is 5.01 Å². The molecule has 2 aliphatic heterocycles. The molecule has 2 heterocycles. The summed E-state index contributed by atoms with van der Waals surface area (Å²) in [6, 6.07) is 23.0. The minimum atomic E-state index is -1.20. The number of oxime groups is 1. The van der Waals surface area contributed by atoms with E-state index in [0.717, 1.165) is 22.3 Å². The Morgan fingerprint density at radius 2 is 1.61 bits per heavy atom. The van der Waals surface area contributed by atoms with Gasteiger partial charge in [0.25, 0.3) is 5.72 Å². The number of carbonyl (C=O) groups is 1. The third-order valence-corrected chi connectivity index (χ3v) is 5.55. The summed E-state index contributed by atoms with van der Waals surface area (Å²) in [6.07, 6.45) is 0.159. The normalized spacial score (nSPS) is 19.4. The van der Waals surface area contributed by atoms with Crippen molar-refractivity contribution in [2.24, 2.45) is 5.16 Å². The first-order chi connectivity index (χ1) is 15.2. The smallest absolute Gasteiger partial charge is 0.280 e. The van der Waals surface area contributed by atoms with Crippen LogP contribution in [0.5, 0.6) is 11.5 Å². The SMILES string of the molecule is COc1cc2c(cc1OC)[C@]1(c3ccccc3)ON=C(c3ccccc3)N1NC(=O)C2. The first kappa shape index (κ1) is 19.0. The van der Waals surface area contributed by atoms with Crippen molar-refractivity contribution < 1.29 is 19.1 Å². The number of nitrogens with zero attached hydrogens (tertiary/aromatic N) is 2. The highest BCUT2D eigenvalue weighted by molar-refractivity contribution is 6.01. The molecule has 1 N–H and O–H groups in total. The van der Waals surface area contributed by atoms with Gasteiger partial charge in [-0.05, 0) is 17.7 Å². The molecule has 0 radical (unpaired) electrons. The Morgan fingerprint density at radius 1 is 0.968 bits per heavy atom. The highest BCUT2D eigenvalue weighted by Crippen LogP contribution is 2.47. The van der Waals surface area contributed by atoms with Gasteiger partial charge in [-0.1, -0.05) is 65.8 Å². The number of nitrogens with one attached hydrogen (secondary N) is 1. The van der Waals surface area contributed by atoms with Gasteiger partial charge in [-0.2, -0.15) is 0 Å². The lowest BCUT2D eigenvalue weighted by Gasteiger charge is -2.36. The fourth-order valence-corrected chi connectivity index (χ4v) is 4.13. The Kier molecular flexibility index (Phi) is 4.51. The molecule has 1 amide bonds. The average molecular weight is 415 g/mol. The molecule has 0 fully saturated rings. The zero-order valence-electron chi connectivity index (χ0n) is 17.2. The fourth-order valence-electron chi connectivity index (χ4n) is 4.13. The van der Waals surface area contributed by atoms with Crippen molar-refractivity contribution in [3.63, 3.8) is 0 Å². The van der Waals surface area contributed by atoms with Gasteiger partial charge in [0.05, 0.1) is 20.6 Å². The molecule has 0 spiro atoms. The van der Waals surface area contributed by atoms with Crippen LogP contribution in [0.1, 0.15) is 22.3 Å². The summed E-state index contributed by atoms with van der Waals surface area (Å²) in [5, 5.41) is 6.13. The van der Waals surface area contributed by atoms with Crippen LogP contribution in [-0.4, -0.2) is 31.0 Å². The number of ether oxygens (including phenoxy) is 2. The molecule has 7 nitrogen and oxygen atoms in total. The molecule has 0 unspecified atom stereocenters. The van der Waals surface area contributed by atoms with Crippen LogP contribution in [0.3, 0.4) is 0 Å². The molecule has 156 valence electrons. The molecule has 0 aromatic heterocycles. The lowest BCUT2D eigenvalue weighted by molar-refractivity contribution is -0.133. The summed E-state index contributed by atoms with van der Waals surface area (Å²) in [5.41, 5.74) is 4.97. The molecule has 5 rings (SSSR count). The molecule has 2 aliphatic rings. The maximum absolute atomic E-state index is 13.0. The molecule has 3 aromatic carbocycles. The molecule has 0 saturated heterocycles. The first-order valence-electron chi connectivity index (χ1n) is 9.89. The second kappa shape index (κ2) is 7.36. The second-order valence-corrected chi connectivity index (χ2v) is 7.29. The number of fused-ring (bicyclic) bond motifs is 3. The molecule has 31 heavy (non-hydrogen) atoms. The average Bonchev–Trinajstić information content (AvgIpc) is 3.13. The zero-order valence-corrected chi connectivity index (χ0v) is 17.2. The summed E-state index contributed by atoms with van der Waals surface area (Å²) >= 11 is 0. The topological polar surface area (TPSA) is 72.4 Å². The molecular formula is C24H21N3O4. The van der Waals surface area contributed by atoms with E-state index < -0.39 is 5.72 Å². The molecule has 7 heteroatoms. The zero-order chi connectivity index (χ0) is 21.4. The minimum absolute atomic E-state index is 0.159. The second-order valence-electron chi connectivity index (χ2n) is 7.29. The largest absolute Gasteiger partial charge is 0.493 e. The monoisotopic (exact) mass is 415 g/mol.